The molecule has 140 valence electrons. The molecule has 1 amide bonds. The lowest BCUT2D eigenvalue weighted by Crippen LogP contribution is -2.13. The topological polar surface area (TPSA) is 88.7 Å². The number of benzene rings is 2. The Balaban J connectivity index is 1.55. The van der Waals surface area contributed by atoms with E-state index in [2.05, 4.69) is 15.3 Å². The zero-order chi connectivity index (χ0) is 19.7. The van der Waals surface area contributed by atoms with Gasteiger partial charge in [-0.1, -0.05) is 35.9 Å². The van der Waals surface area contributed by atoms with E-state index in [4.69, 9.17) is 29.6 Å². The highest BCUT2D eigenvalue weighted by molar-refractivity contribution is 7.71. The summed E-state index contributed by atoms with van der Waals surface area (Å²) in [7, 11) is 0. The van der Waals surface area contributed by atoms with E-state index in [0.717, 1.165) is 11.1 Å². The number of para-hydroxylation sites is 2. The maximum atomic E-state index is 12.4. The summed E-state index contributed by atoms with van der Waals surface area (Å²) in [4.78, 5) is 19.9. The van der Waals surface area contributed by atoms with Crippen molar-refractivity contribution in [3.05, 3.63) is 81.7 Å². The van der Waals surface area contributed by atoms with Gasteiger partial charge in [-0.3, -0.25) is 9.36 Å². The average molecular weight is 410 g/mol. The standard InChI is InChI=1S/C20H16ClN5OS/c21-17-10-9-16-18(25-17)26(20(28)24-16)11-12-5-7-13(8-6-12)19(27)23-15-4-2-1-3-14(15)22/h1-10H,11,22H2,(H,23,27)(H,24,28). The van der Waals surface area contributed by atoms with Gasteiger partial charge >= 0.3 is 0 Å². The van der Waals surface area contributed by atoms with Gasteiger partial charge in [0.2, 0.25) is 0 Å². The minimum absolute atomic E-state index is 0.221. The molecule has 4 N–H and O–H groups in total. The van der Waals surface area contributed by atoms with Crippen LogP contribution in [0.5, 0.6) is 0 Å². The summed E-state index contributed by atoms with van der Waals surface area (Å²) in [5, 5.41) is 3.22. The first-order chi connectivity index (χ1) is 13.5. The number of nitrogens with zero attached hydrogens (tertiary/aromatic N) is 2. The fourth-order valence-electron chi connectivity index (χ4n) is 2.90. The van der Waals surface area contributed by atoms with Crippen molar-refractivity contribution in [2.75, 3.05) is 11.1 Å². The van der Waals surface area contributed by atoms with E-state index in [0.29, 0.717) is 39.1 Å². The molecule has 2 aromatic heterocycles. The number of nitrogens with two attached hydrogens (primary N) is 1. The van der Waals surface area contributed by atoms with Crippen LogP contribution in [0.3, 0.4) is 0 Å². The monoisotopic (exact) mass is 409 g/mol. The molecule has 0 unspecified atom stereocenters. The van der Waals surface area contributed by atoms with E-state index >= 15 is 0 Å². The van der Waals surface area contributed by atoms with Gasteiger partial charge in [0.15, 0.2) is 10.4 Å². The Morgan fingerprint density at radius 3 is 2.64 bits per heavy atom. The zero-order valence-electron chi connectivity index (χ0n) is 14.6. The number of aromatic amines is 1. The molecule has 8 heteroatoms. The highest BCUT2D eigenvalue weighted by atomic mass is 35.5. The van der Waals surface area contributed by atoms with Crippen LogP contribution in [0.25, 0.3) is 11.2 Å². The second-order valence-corrected chi connectivity index (χ2v) is 7.03. The van der Waals surface area contributed by atoms with E-state index < -0.39 is 0 Å². The molecule has 0 saturated heterocycles. The Labute approximate surface area is 171 Å². The number of pyridine rings is 1. The number of imidazole rings is 1. The number of anilines is 2. The van der Waals surface area contributed by atoms with Crippen molar-refractivity contribution in [1.29, 1.82) is 0 Å². The number of amides is 1. The van der Waals surface area contributed by atoms with Crippen LogP contribution in [0.1, 0.15) is 15.9 Å². The third kappa shape index (κ3) is 3.62. The Bertz CT molecular complexity index is 1230. The number of nitrogens with one attached hydrogen (secondary N) is 2. The number of carbonyl (C=O) groups excluding carboxylic acids is 1. The molecule has 0 saturated carbocycles. The van der Waals surface area contributed by atoms with Gasteiger partial charge in [0.05, 0.1) is 23.4 Å². The van der Waals surface area contributed by atoms with Crippen molar-refractivity contribution in [2.24, 2.45) is 0 Å². The Morgan fingerprint density at radius 2 is 1.89 bits per heavy atom. The number of fused-ring (bicyclic) bond motifs is 1. The van der Waals surface area contributed by atoms with Gasteiger partial charge in [0, 0.05) is 5.56 Å². The quantitative estimate of drug-likeness (QED) is 0.260. The molecule has 2 heterocycles. The lowest BCUT2D eigenvalue weighted by molar-refractivity contribution is 0.102. The molecule has 0 fully saturated rings. The van der Waals surface area contributed by atoms with Crippen molar-refractivity contribution in [3.63, 3.8) is 0 Å². The summed E-state index contributed by atoms with van der Waals surface area (Å²) < 4.78 is 2.43. The van der Waals surface area contributed by atoms with Gasteiger partial charge in [-0.15, -0.1) is 0 Å². The third-order valence-electron chi connectivity index (χ3n) is 4.35. The van der Waals surface area contributed by atoms with Crippen LogP contribution < -0.4 is 11.1 Å². The van der Waals surface area contributed by atoms with E-state index in [1.165, 1.54) is 0 Å². The molecule has 6 nitrogen and oxygen atoms in total. The molecule has 0 atom stereocenters. The van der Waals surface area contributed by atoms with Gasteiger partial charge in [-0.2, -0.15) is 0 Å². The number of nitrogen functional groups attached to an aromatic ring is 1. The summed E-state index contributed by atoms with van der Waals surface area (Å²) >= 11 is 11.4. The molecule has 4 rings (SSSR count). The predicted octanol–water partition coefficient (Wildman–Crippen LogP) is 4.63. The van der Waals surface area contributed by atoms with Crippen LogP contribution in [-0.2, 0) is 6.54 Å². The molecule has 0 spiro atoms. The third-order valence-corrected chi connectivity index (χ3v) is 4.88. The summed E-state index contributed by atoms with van der Waals surface area (Å²) in [5.74, 6) is -0.221. The lowest BCUT2D eigenvalue weighted by atomic mass is 10.1. The smallest absolute Gasteiger partial charge is 0.255 e. The number of H-pyrrole nitrogens is 1. The summed E-state index contributed by atoms with van der Waals surface area (Å²) in [6, 6.07) is 18.0. The molecule has 0 bridgehead atoms. The van der Waals surface area contributed by atoms with Crippen molar-refractivity contribution >= 4 is 52.3 Å². The SMILES string of the molecule is Nc1ccccc1NC(=O)c1ccc(Cn2c(=S)[nH]c3ccc(Cl)nc32)cc1. The Kier molecular flexibility index (Phi) is 4.85. The van der Waals surface area contributed by atoms with Gasteiger partial charge in [0.1, 0.15) is 5.15 Å². The van der Waals surface area contributed by atoms with E-state index in [9.17, 15) is 4.79 Å². The maximum absolute atomic E-state index is 12.4. The largest absolute Gasteiger partial charge is 0.397 e. The average Bonchev–Trinajstić information content (AvgIpc) is 2.99. The number of hydrogen-bond acceptors (Lipinski definition) is 4. The van der Waals surface area contributed by atoms with Gasteiger partial charge in [-0.05, 0) is 54.2 Å². The highest BCUT2D eigenvalue weighted by Crippen LogP contribution is 2.19. The molecule has 0 radical (unpaired) electrons. The molecule has 0 aliphatic carbocycles. The fourth-order valence-corrected chi connectivity index (χ4v) is 3.31. The molecule has 2 aromatic carbocycles. The second-order valence-electron chi connectivity index (χ2n) is 6.26. The van der Waals surface area contributed by atoms with E-state index in [1.54, 1.807) is 30.3 Å². The Morgan fingerprint density at radius 1 is 1.14 bits per heavy atom. The number of aromatic nitrogens is 3. The minimum atomic E-state index is -0.221. The van der Waals surface area contributed by atoms with Crippen LogP contribution in [0, 0.1) is 4.77 Å². The van der Waals surface area contributed by atoms with E-state index in [1.807, 2.05) is 34.9 Å². The van der Waals surface area contributed by atoms with Gasteiger partial charge in [-0.25, -0.2) is 4.98 Å². The maximum Gasteiger partial charge on any atom is 0.255 e. The van der Waals surface area contributed by atoms with E-state index in [-0.39, 0.29) is 5.91 Å². The first-order valence-electron chi connectivity index (χ1n) is 8.51. The van der Waals surface area contributed by atoms with Crippen molar-refractivity contribution < 1.29 is 4.79 Å². The molecular weight excluding hydrogens is 394 g/mol. The lowest BCUT2D eigenvalue weighted by Gasteiger charge is -2.09. The second kappa shape index (κ2) is 7.46. The van der Waals surface area contributed by atoms with Crippen LogP contribution in [0.4, 0.5) is 11.4 Å². The fraction of sp³-hybridized carbons (Fsp3) is 0.0500. The first kappa shape index (κ1) is 18.2. The van der Waals surface area contributed by atoms with Crippen LogP contribution in [0.2, 0.25) is 5.15 Å². The number of carbonyl (C=O) groups is 1. The molecule has 4 aromatic rings. The number of halogens is 1. The molecule has 0 aliphatic heterocycles. The van der Waals surface area contributed by atoms with Crippen LogP contribution in [0.15, 0.2) is 60.7 Å². The molecule has 0 aliphatic rings. The molecular formula is C20H16ClN5OS. The molecule has 28 heavy (non-hydrogen) atoms. The van der Waals surface area contributed by atoms with Crippen molar-refractivity contribution in [1.82, 2.24) is 14.5 Å². The Hall–Kier alpha value is -3.16. The normalized spacial score (nSPS) is 10.9. The van der Waals surface area contributed by atoms with Crippen LogP contribution in [-0.4, -0.2) is 20.4 Å². The first-order valence-corrected chi connectivity index (χ1v) is 9.30. The number of rotatable bonds is 4. The van der Waals surface area contributed by atoms with Crippen molar-refractivity contribution in [2.45, 2.75) is 6.54 Å². The number of hydrogen-bond donors (Lipinski definition) is 3. The summed E-state index contributed by atoms with van der Waals surface area (Å²) in [6.45, 7) is 0.514. The highest BCUT2D eigenvalue weighted by Gasteiger charge is 2.10. The van der Waals surface area contributed by atoms with Crippen LogP contribution >= 0.6 is 23.8 Å². The van der Waals surface area contributed by atoms with Gasteiger partial charge in [0.25, 0.3) is 5.91 Å². The summed E-state index contributed by atoms with van der Waals surface area (Å²) in [6.07, 6.45) is 0. The summed E-state index contributed by atoms with van der Waals surface area (Å²) in [5.41, 5.74) is 10.0. The van der Waals surface area contributed by atoms with Crippen molar-refractivity contribution in [3.8, 4) is 0 Å². The predicted molar refractivity (Wildman–Crippen MR) is 114 cm³/mol. The minimum Gasteiger partial charge on any atom is -0.397 e. The van der Waals surface area contributed by atoms with Gasteiger partial charge < -0.3 is 16.0 Å². The zero-order valence-corrected chi connectivity index (χ0v) is 16.2.